The third-order valence-electron chi connectivity index (χ3n) is 8.18. The lowest BCUT2D eigenvalue weighted by Crippen LogP contribution is -2.61. The maximum Gasteiger partial charge on any atom is 0.251 e. The number of rotatable bonds is 4. The van der Waals surface area contributed by atoms with E-state index in [1.165, 1.54) is 0 Å². The highest BCUT2D eigenvalue weighted by molar-refractivity contribution is 6.03. The van der Waals surface area contributed by atoms with Crippen molar-refractivity contribution in [2.45, 2.75) is 75.9 Å². The minimum absolute atomic E-state index is 0.0110. The Balaban J connectivity index is 1.29. The minimum Gasteiger partial charge on any atom is -0.463 e. The van der Waals surface area contributed by atoms with Crippen molar-refractivity contribution in [3.05, 3.63) is 64.7 Å². The normalized spacial score (nSPS) is 29.4. The van der Waals surface area contributed by atoms with Crippen molar-refractivity contribution in [1.82, 2.24) is 15.5 Å². The van der Waals surface area contributed by atoms with Gasteiger partial charge in [-0.25, -0.2) is 4.99 Å². The second-order valence-electron chi connectivity index (χ2n) is 10.2. The van der Waals surface area contributed by atoms with E-state index in [9.17, 15) is 14.7 Å². The number of guanidine groups is 1. The second kappa shape index (κ2) is 7.55. The van der Waals surface area contributed by atoms with Gasteiger partial charge in [-0.2, -0.15) is 0 Å². The molecule has 3 heterocycles. The zero-order valence-electron chi connectivity index (χ0n) is 20.2. The van der Waals surface area contributed by atoms with Crippen LogP contribution in [0.15, 0.2) is 47.5 Å². The van der Waals surface area contributed by atoms with Crippen LogP contribution in [0.5, 0.6) is 5.75 Å². The maximum atomic E-state index is 13.3. The van der Waals surface area contributed by atoms with Crippen LogP contribution in [0.3, 0.4) is 0 Å². The van der Waals surface area contributed by atoms with E-state index in [0.29, 0.717) is 30.1 Å². The van der Waals surface area contributed by atoms with Gasteiger partial charge in [-0.15, -0.1) is 0 Å². The second-order valence-corrected chi connectivity index (χ2v) is 10.2. The van der Waals surface area contributed by atoms with Gasteiger partial charge < -0.3 is 20.5 Å². The summed E-state index contributed by atoms with van der Waals surface area (Å²) in [6, 6.07) is 12.1. The molecule has 35 heavy (non-hydrogen) atoms. The molecule has 8 heteroatoms. The SMILES string of the molecule is CCC1(CC)CC(=O)N2C(=NC3(C)Oc4ccc(C(=O)N[C@@H]5c6ccccc6C[C@H]5O)cc4C23)N1. The first kappa shape index (κ1) is 22.1. The molecule has 3 N–H and O–H groups in total. The number of benzene rings is 2. The standard InChI is InChI=1S/C27H30N4O4/c1-4-27(5-2)14-21(33)31-23-18-12-16(10-11-20(18)35-26(23,3)29-25(31)30-27)24(34)28-22-17-9-7-6-8-15(17)13-19(22)32/h6-12,19,22-23,32H,4-5,13-14H2,1-3H3,(H,28,34)(H,29,30)/t19-,22-,23?,26?/m1/s1. The smallest absolute Gasteiger partial charge is 0.251 e. The summed E-state index contributed by atoms with van der Waals surface area (Å²) in [5.41, 5.74) is 1.96. The number of hydrogen-bond donors (Lipinski definition) is 3. The number of nitrogens with one attached hydrogen (secondary N) is 2. The van der Waals surface area contributed by atoms with Crippen LogP contribution in [0.4, 0.5) is 0 Å². The lowest BCUT2D eigenvalue weighted by molar-refractivity contribution is -0.133. The summed E-state index contributed by atoms with van der Waals surface area (Å²) in [4.78, 5) is 33.1. The van der Waals surface area contributed by atoms with E-state index >= 15 is 0 Å². The lowest BCUT2D eigenvalue weighted by atomic mass is 9.86. The van der Waals surface area contributed by atoms with Crippen LogP contribution in [-0.2, 0) is 11.2 Å². The zero-order valence-corrected chi connectivity index (χ0v) is 20.2. The molecule has 2 aromatic carbocycles. The first-order valence-corrected chi connectivity index (χ1v) is 12.4. The Morgan fingerprint density at radius 2 is 2.00 bits per heavy atom. The molecule has 3 aliphatic heterocycles. The summed E-state index contributed by atoms with van der Waals surface area (Å²) in [5.74, 6) is 0.902. The Morgan fingerprint density at radius 1 is 1.23 bits per heavy atom. The van der Waals surface area contributed by atoms with Gasteiger partial charge in [0, 0.05) is 23.1 Å². The number of ether oxygens (including phenoxy) is 1. The molecular weight excluding hydrogens is 444 g/mol. The van der Waals surface area contributed by atoms with Crippen LogP contribution < -0.4 is 15.4 Å². The van der Waals surface area contributed by atoms with Crippen LogP contribution >= 0.6 is 0 Å². The van der Waals surface area contributed by atoms with Crippen molar-refractivity contribution in [3.63, 3.8) is 0 Å². The number of fused-ring (bicyclic) bond motifs is 6. The van der Waals surface area contributed by atoms with E-state index < -0.39 is 23.9 Å². The van der Waals surface area contributed by atoms with Crippen LogP contribution in [0.1, 0.15) is 79.2 Å². The van der Waals surface area contributed by atoms with Gasteiger partial charge in [-0.05, 0) is 49.1 Å². The molecule has 0 aromatic heterocycles. The van der Waals surface area contributed by atoms with E-state index in [4.69, 9.17) is 9.73 Å². The molecule has 0 radical (unpaired) electrons. The largest absolute Gasteiger partial charge is 0.463 e. The summed E-state index contributed by atoms with van der Waals surface area (Å²) >= 11 is 0. The number of aliphatic hydroxyl groups is 1. The number of hydrogen-bond acceptors (Lipinski definition) is 6. The van der Waals surface area contributed by atoms with Crippen LogP contribution in [-0.4, -0.2) is 45.1 Å². The molecule has 0 saturated carbocycles. The highest BCUT2D eigenvalue weighted by Crippen LogP contribution is 2.52. The number of amides is 2. The highest BCUT2D eigenvalue weighted by Gasteiger charge is 2.59. The molecule has 1 saturated heterocycles. The molecule has 2 amide bonds. The fourth-order valence-electron chi connectivity index (χ4n) is 6.07. The molecule has 4 aliphatic rings. The van der Waals surface area contributed by atoms with Crippen molar-refractivity contribution in [2.24, 2.45) is 4.99 Å². The molecule has 2 unspecified atom stereocenters. The molecule has 6 rings (SSSR count). The van der Waals surface area contributed by atoms with E-state index in [0.717, 1.165) is 29.5 Å². The van der Waals surface area contributed by atoms with Crippen LogP contribution in [0.25, 0.3) is 0 Å². The van der Waals surface area contributed by atoms with Gasteiger partial charge in [-0.1, -0.05) is 38.1 Å². The highest BCUT2D eigenvalue weighted by atomic mass is 16.5. The Kier molecular flexibility index (Phi) is 4.77. The van der Waals surface area contributed by atoms with Crippen molar-refractivity contribution < 1.29 is 19.4 Å². The van der Waals surface area contributed by atoms with Gasteiger partial charge in [0.15, 0.2) is 0 Å². The molecule has 182 valence electrons. The molecule has 1 fully saturated rings. The van der Waals surface area contributed by atoms with Crippen LogP contribution in [0.2, 0.25) is 0 Å². The van der Waals surface area contributed by atoms with E-state index in [1.807, 2.05) is 31.2 Å². The molecule has 2 aromatic rings. The molecule has 0 spiro atoms. The van der Waals surface area contributed by atoms with Crippen molar-refractivity contribution in [1.29, 1.82) is 0 Å². The van der Waals surface area contributed by atoms with Gasteiger partial charge in [0.25, 0.3) is 5.91 Å². The molecule has 0 bridgehead atoms. The number of aliphatic imine (C=N–C) groups is 1. The Hall–Kier alpha value is -3.39. The number of aliphatic hydroxyl groups excluding tert-OH is 1. The third-order valence-corrected chi connectivity index (χ3v) is 8.18. The molecule has 1 aliphatic carbocycles. The first-order chi connectivity index (χ1) is 16.8. The van der Waals surface area contributed by atoms with E-state index in [1.54, 1.807) is 23.1 Å². The average Bonchev–Trinajstić information content (AvgIpc) is 3.42. The predicted molar refractivity (Wildman–Crippen MR) is 130 cm³/mol. The summed E-state index contributed by atoms with van der Waals surface area (Å²) in [5, 5.41) is 17.1. The van der Waals surface area contributed by atoms with Crippen LogP contribution in [0, 0.1) is 0 Å². The lowest BCUT2D eigenvalue weighted by Gasteiger charge is -2.42. The van der Waals surface area contributed by atoms with Crippen molar-refractivity contribution >= 4 is 17.8 Å². The molecule has 4 atom stereocenters. The van der Waals surface area contributed by atoms with E-state index in [-0.39, 0.29) is 17.4 Å². The van der Waals surface area contributed by atoms with E-state index in [2.05, 4.69) is 24.5 Å². The maximum absolute atomic E-state index is 13.3. The Bertz CT molecular complexity index is 1270. The average molecular weight is 475 g/mol. The monoisotopic (exact) mass is 474 g/mol. The number of carbonyl (C=O) groups is 2. The van der Waals surface area contributed by atoms with Gasteiger partial charge in [0.2, 0.25) is 17.6 Å². The van der Waals surface area contributed by atoms with Crippen molar-refractivity contribution in [3.8, 4) is 5.75 Å². The molecular formula is C27H30N4O4. The minimum atomic E-state index is -0.951. The Morgan fingerprint density at radius 3 is 2.77 bits per heavy atom. The predicted octanol–water partition coefficient (Wildman–Crippen LogP) is 2.97. The van der Waals surface area contributed by atoms with Gasteiger partial charge in [-0.3, -0.25) is 14.5 Å². The first-order valence-electron chi connectivity index (χ1n) is 12.4. The Labute approximate surface area is 204 Å². The fourth-order valence-corrected chi connectivity index (χ4v) is 6.07. The number of nitrogens with zero attached hydrogens (tertiary/aromatic N) is 2. The molecule has 8 nitrogen and oxygen atoms in total. The third kappa shape index (κ3) is 3.19. The van der Waals surface area contributed by atoms with Gasteiger partial charge in [0.05, 0.1) is 18.6 Å². The van der Waals surface area contributed by atoms with Gasteiger partial charge >= 0.3 is 0 Å². The number of carbonyl (C=O) groups excluding carboxylic acids is 2. The summed E-state index contributed by atoms with van der Waals surface area (Å²) in [6.07, 6.45) is 1.88. The zero-order chi connectivity index (χ0) is 24.5. The fraction of sp³-hybridized carbons (Fsp3) is 0.444. The van der Waals surface area contributed by atoms with Crippen molar-refractivity contribution in [2.75, 3.05) is 0 Å². The summed E-state index contributed by atoms with van der Waals surface area (Å²) in [6.45, 7) is 6.03. The van der Waals surface area contributed by atoms with Gasteiger partial charge in [0.1, 0.15) is 11.8 Å². The topological polar surface area (TPSA) is 103 Å². The summed E-state index contributed by atoms with van der Waals surface area (Å²) in [7, 11) is 0. The quantitative estimate of drug-likeness (QED) is 0.632. The summed E-state index contributed by atoms with van der Waals surface area (Å²) < 4.78 is 6.23.